The van der Waals surface area contributed by atoms with E-state index in [0.29, 0.717) is 16.6 Å². The number of carboxylic acids is 1. The SMILES string of the molecule is NC1CCCC1.O=C(O)c1cnc(C#Cc2ccc(F)cc2)s1. The summed E-state index contributed by atoms with van der Waals surface area (Å²) in [7, 11) is 0. The Balaban J connectivity index is 0.000000268. The Hall–Kier alpha value is -2.23. The van der Waals surface area contributed by atoms with E-state index in [0.717, 1.165) is 11.3 Å². The minimum Gasteiger partial charge on any atom is -0.477 e. The quantitative estimate of drug-likeness (QED) is 0.786. The largest absolute Gasteiger partial charge is 0.477 e. The van der Waals surface area contributed by atoms with Gasteiger partial charge in [-0.05, 0) is 43.0 Å². The van der Waals surface area contributed by atoms with Gasteiger partial charge in [0.15, 0.2) is 5.01 Å². The molecule has 0 saturated heterocycles. The summed E-state index contributed by atoms with van der Waals surface area (Å²) in [4.78, 5) is 14.6. The summed E-state index contributed by atoms with van der Waals surface area (Å²) >= 11 is 1.01. The van der Waals surface area contributed by atoms with Crippen molar-refractivity contribution in [2.75, 3.05) is 0 Å². The fourth-order valence-electron chi connectivity index (χ4n) is 2.05. The zero-order valence-electron chi connectivity index (χ0n) is 12.5. The van der Waals surface area contributed by atoms with Crippen LogP contribution in [0.4, 0.5) is 4.39 Å². The van der Waals surface area contributed by atoms with Gasteiger partial charge in [-0.15, -0.1) is 0 Å². The Morgan fingerprint density at radius 2 is 1.91 bits per heavy atom. The molecule has 1 aliphatic rings. The molecule has 0 unspecified atom stereocenters. The summed E-state index contributed by atoms with van der Waals surface area (Å²) < 4.78 is 12.6. The summed E-state index contributed by atoms with van der Waals surface area (Å²) in [5, 5.41) is 9.12. The first-order chi connectivity index (χ1) is 11.0. The summed E-state index contributed by atoms with van der Waals surface area (Å²) in [6.45, 7) is 0. The molecule has 1 aromatic heterocycles. The average molecular weight is 332 g/mol. The number of hydrogen-bond acceptors (Lipinski definition) is 4. The first-order valence-corrected chi connectivity index (χ1v) is 8.08. The molecule has 1 fully saturated rings. The van der Waals surface area contributed by atoms with Crippen LogP contribution >= 0.6 is 11.3 Å². The van der Waals surface area contributed by atoms with Crippen molar-refractivity contribution < 1.29 is 14.3 Å². The van der Waals surface area contributed by atoms with E-state index in [1.165, 1.54) is 44.0 Å². The molecule has 0 amide bonds. The highest BCUT2D eigenvalue weighted by Gasteiger charge is 2.07. The standard InChI is InChI=1S/C12H6FNO2S.C5H11N/c13-9-4-1-8(2-5-9)3-6-11-14-7-10(17-11)12(15)16;6-5-3-1-2-4-5/h1-2,4-5,7H,(H,15,16);5H,1-4,6H2. The van der Waals surface area contributed by atoms with Crippen LogP contribution in [0.2, 0.25) is 0 Å². The zero-order chi connectivity index (χ0) is 16.7. The van der Waals surface area contributed by atoms with E-state index in [1.54, 1.807) is 12.1 Å². The molecule has 0 bridgehead atoms. The lowest BCUT2D eigenvalue weighted by atomic mass is 10.2. The molecule has 1 aliphatic carbocycles. The van der Waals surface area contributed by atoms with Gasteiger partial charge >= 0.3 is 5.97 Å². The molecule has 3 rings (SSSR count). The molecule has 1 heterocycles. The van der Waals surface area contributed by atoms with E-state index in [1.807, 2.05) is 0 Å². The fraction of sp³-hybridized carbons (Fsp3) is 0.294. The summed E-state index contributed by atoms with van der Waals surface area (Å²) in [6.07, 6.45) is 6.52. The minimum absolute atomic E-state index is 0.147. The van der Waals surface area contributed by atoms with Crippen molar-refractivity contribution in [1.29, 1.82) is 0 Å². The minimum atomic E-state index is -1.02. The lowest BCUT2D eigenvalue weighted by Gasteiger charge is -1.92. The van der Waals surface area contributed by atoms with Gasteiger partial charge in [-0.3, -0.25) is 0 Å². The summed E-state index contributed by atoms with van der Waals surface area (Å²) in [6, 6.07) is 6.27. The number of nitrogens with zero attached hydrogens (tertiary/aromatic N) is 1. The van der Waals surface area contributed by atoms with Crippen molar-refractivity contribution >= 4 is 17.3 Å². The van der Waals surface area contributed by atoms with E-state index >= 15 is 0 Å². The number of rotatable bonds is 1. The predicted molar refractivity (Wildman–Crippen MR) is 87.9 cm³/mol. The predicted octanol–water partition coefficient (Wildman–Crippen LogP) is 3.27. The van der Waals surface area contributed by atoms with Crippen molar-refractivity contribution in [3.63, 3.8) is 0 Å². The average Bonchev–Trinajstić information content (AvgIpc) is 3.18. The van der Waals surface area contributed by atoms with Crippen molar-refractivity contribution in [2.45, 2.75) is 31.7 Å². The molecule has 0 aliphatic heterocycles. The van der Waals surface area contributed by atoms with E-state index < -0.39 is 5.97 Å². The third kappa shape index (κ3) is 5.81. The molecule has 4 nitrogen and oxygen atoms in total. The molecule has 1 aromatic carbocycles. The highest BCUT2D eigenvalue weighted by Crippen LogP contribution is 2.14. The number of benzene rings is 1. The van der Waals surface area contributed by atoms with Crippen LogP contribution in [0.3, 0.4) is 0 Å². The fourth-order valence-corrected chi connectivity index (χ4v) is 2.66. The first kappa shape index (κ1) is 17.1. The van der Waals surface area contributed by atoms with Crippen LogP contribution < -0.4 is 5.73 Å². The molecular formula is C17H17FN2O2S. The molecule has 6 heteroatoms. The van der Waals surface area contributed by atoms with Crippen LogP contribution in [0.15, 0.2) is 30.5 Å². The molecule has 0 atom stereocenters. The number of nitrogens with two attached hydrogens (primary N) is 1. The highest BCUT2D eigenvalue weighted by atomic mass is 32.1. The van der Waals surface area contributed by atoms with Gasteiger partial charge in [0.1, 0.15) is 10.7 Å². The number of carboxylic acid groups (broad SMARTS) is 1. The summed E-state index contributed by atoms with van der Waals surface area (Å²) in [5.74, 6) is 4.17. The number of carbonyl (C=O) groups is 1. The maximum atomic E-state index is 12.6. The topological polar surface area (TPSA) is 76.2 Å². The van der Waals surface area contributed by atoms with Gasteiger partial charge in [-0.1, -0.05) is 30.1 Å². The van der Waals surface area contributed by atoms with Crippen LogP contribution in [0.25, 0.3) is 0 Å². The van der Waals surface area contributed by atoms with Crippen LogP contribution in [-0.2, 0) is 0 Å². The Labute approximate surface area is 138 Å². The third-order valence-corrected chi connectivity index (χ3v) is 4.18. The molecule has 2 aromatic rings. The second-order valence-electron chi connectivity index (χ2n) is 5.14. The maximum absolute atomic E-state index is 12.6. The van der Waals surface area contributed by atoms with Crippen LogP contribution in [0.1, 0.15) is 45.9 Å². The lowest BCUT2D eigenvalue weighted by molar-refractivity contribution is 0.0702. The highest BCUT2D eigenvalue weighted by molar-refractivity contribution is 7.14. The number of aromatic nitrogens is 1. The normalized spacial score (nSPS) is 13.7. The van der Waals surface area contributed by atoms with E-state index in [4.69, 9.17) is 10.8 Å². The van der Waals surface area contributed by atoms with Gasteiger partial charge in [-0.25, -0.2) is 14.2 Å². The van der Waals surface area contributed by atoms with Gasteiger partial charge < -0.3 is 10.8 Å². The van der Waals surface area contributed by atoms with Crippen molar-refractivity contribution in [2.24, 2.45) is 5.73 Å². The molecule has 120 valence electrons. The Morgan fingerprint density at radius 3 is 2.39 bits per heavy atom. The van der Waals surface area contributed by atoms with Gasteiger partial charge in [0.05, 0.1) is 6.20 Å². The van der Waals surface area contributed by atoms with E-state index in [2.05, 4.69) is 16.8 Å². The van der Waals surface area contributed by atoms with Crippen LogP contribution in [0.5, 0.6) is 0 Å². The second kappa shape index (κ2) is 8.42. The van der Waals surface area contributed by atoms with Gasteiger partial charge in [0.2, 0.25) is 0 Å². The summed E-state index contributed by atoms with van der Waals surface area (Å²) in [5.41, 5.74) is 6.19. The Kier molecular flexibility index (Phi) is 6.27. The van der Waals surface area contributed by atoms with Crippen molar-refractivity contribution in [3.05, 3.63) is 51.7 Å². The monoisotopic (exact) mass is 332 g/mol. The number of aromatic carboxylic acids is 1. The van der Waals surface area contributed by atoms with Gasteiger partial charge in [0, 0.05) is 11.6 Å². The molecule has 0 radical (unpaired) electrons. The maximum Gasteiger partial charge on any atom is 0.347 e. The first-order valence-electron chi connectivity index (χ1n) is 7.27. The lowest BCUT2D eigenvalue weighted by Crippen LogP contribution is -2.13. The molecule has 1 saturated carbocycles. The van der Waals surface area contributed by atoms with Gasteiger partial charge in [-0.2, -0.15) is 0 Å². The van der Waals surface area contributed by atoms with E-state index in [-0.39, 0.29) is 10.7 Å². The molecule has 3 N–H and O–H groups in total. The van der Waals surface area contributed by atoms with Crippen LogP contribution in [-0.4, -0.2) is 22.1 Å². The number of hydrogen-bond donors (Lipinski definition) is 2. The van der Waals surface area contributed by atoms with Crippen molar-refractivity contribution in [1.82, 2.24) is 4.98 Å². The smallest absolute Gasteiger partial charge is 0.347 e. The van der Waals surface area contributed by atoms with Crippen LogP contribution in [0, 0.1) is 17.7 Å². The Morgan fingerprint density at radius 1 is 1.26 bits per heavy atom. The molecule has 23 heavy (non-hydrogen) atoms. The van der Waals surface area contributed by atoms with E-state index in [9.17, 15) is 9.18 Å². The van der Waals surface area contributed by atoms with Crippen molar-refractivity contribution in [3.8, 4) is 11.8 Å². The number of halogens is 1. The van der Waals surface area contributed by atoms with Gasteiger partial charge in [0.25, 0.3) is 0 Å². The molecule has 0 spiro atoms. The second-order valence-corrected chi connectivity index (χ2v) is 6.17. The third-order valence-electron chi connectivity index (χ3n) is 3.27. The zero-order valence-corrected chi connectivity index (χ0v) is 13.3. The number of thiazole rings is 1. The molecular weight excluding hydrogens is 315 g/mol. The Bertz CT molecular complexity index is 710.